The van der Waals surface area contributed by atoms with Crippen LogP contribution in [-0.2, 0) is 12.8 Å². The fraction of sp³-hybridized carbons (Fsp3) is 0.333. The van der Waals surface area contributed by atoms with Gasteiger partial charge in [0.25, 0.3) is 0 Å². The summed E-state index contributed by atoms with van der Waals surface area (Å²) in [4.78, 5) is 3.19. The third-order valence-electron chi connectivity index (χ3n) is 9.29. The first kappa shape index (κ1) is 25.0. The van der Waals surface area contributed by atoms with Crippen molar-refractivity contribution in [3.8, 4) is 5.69 Å². The number of nitrogens with zero attached hydrogens (tertiary/aromatic N) is 1. The molecule has 1 aromatic heterocycles. The number of aromatic nitrogens is 1. The summed E-state index contributed by atoms with van der Waals surface area (Å²) in [5, 5.41) is 3.87. The van der Waals surface area contributed by atoms with Gasteiger partial charge in [0.05, 0.1) is 5.35 Å². The van der Waals surface area contributed by atoms with Crippen LogP contribution in [0.25, 0.3) is 16.7 Å². The number of hydrogen-bond acceptors (Lipinski definition) is 0. The Morgan fingerprint density at radius 1 is 0.795 bits per heavy atom. The fourth-order valence-electron chi connectivity index (χ4n) is 7.74. The van der Waals surface area contributed by atoms with Crippen molar-refractivity contribution in [2.24, 2.45) is 0 Å². The number of halogens is 1. The summed E-state index contributed by atoms with van der Waals surface area (Å²) in [6, 6.07) is 22.5. The van der Waals surface area contributed by atoms with Crippen molar-refractivity contribution in [1.82, 2.24) is 4.57 Å². The maximum atomic E-state index is 14.4. The zero-order valence-electron chi connectivity index (χ0n) is 22.7. The topological polar surface area (TPSA) is 4.93 Å². The van der Waals surface area contributed by atoms with Gasteiger partial charge in [-0.1, -0.05) is 60.7 Å². The van der Waals surface area contributed by atoms with Crippen molar-refractivity contribution >= 4 is 21.0 Å². The highest BCUT2D eigenvalue weighted by Gasteiger charge is 2.45. The zero-order valence-corrected chi connectivity index (χ0v) is 23.5. The first-order valence-electron chi connectivity index (χ1n) is 14.8. The van der Waals surface area contributed by atoms with E-state index in [9.17, 15) is 4.39 Å². The number of benzene rings is 2. The summed E-state index contributed by atoms with van der Waals surface area (Å²) in [5.74, 6) is -0.0774. The second kappa shape index (κ2) is 10.5. The van der Waals surface area contributed by atoms with E-state index in [4.69, 9.17) is 0 Å². The van der Waals surface area contributed by atoms with Gasteiger partial charge in [0.15, 0.2) is 0 Å². The van der Waals surface area contributed by atoms with Crippen LogP contribution < -0.4 is 10.6 Å². The second-order valence-electron chi connectivity index (χ2n) is 11.4. The summed E-state index contributed by atoms with van der Waals surface area (Å²) in [5.41, 5.74) is 4.42. The van der Waals surface area contributed by atoms with Gasteiger partial charge in [-0.25, -0.2) is 4.39 Å². The molecular formula is C36H38FNS. The Hall–Kier alpha value is -3.04. The third-order valence-corrected chi connectivity index (χ3v) is 14.4. The van der Waals surface area contributed by atoms with Crippen molar-refractivity contribution in [2.75, 3.05) is 0 Å². The van der Waals surface area contributed by atoms with Crippen LogP contribution in [0.5, 0.6) is 0 Å². The Kier molecular flexibility index (Phi) is 6.72. The van der Waals surface area contributed by atoms with Gasteiger partial charge in [-0.15, -0.1) is 0 Å². The van der Waals surface area contributed by atoms with E-state index in [0.717, 1.165) is 38.5 Å². The number of hydrogen-bond donors (Lipinski definition) is 0. The van der Waals surface area contributed by atoms with Gasteiger partial charge in [-0.2, -0.15) is 10.0 Å². The van der Waals surface area contributed by atoms with Gasteiger partial charge < -0.3 is 4.57 Å². The maximum Gasteiger partial charge on any atom is 0.119 e. The molecule has 3 unspecified atom stereocenters. The monoisotopic (exact) mass is 535 g/mol. The van der Waals surface area contributed by atoms with Crippen molar-refractivity contribution in [1.29, 1.82) is 0 Å². The highest BCUT2D eigenvalue weighted by molar-refractivity contribution is 8.41. The lowest BCUT2D eigenvalue weighted by Gasteiger charge is -2.54. The van der Waals surface area contributed by atoms with Crippen molar-refractivity contribution in [2.45, 2.75) is 79.6 Å². The van der Waals surface area contributed by atoms with Crippen LogP contribution in [0.4, 0.5) is 4.39 Å². The molecule has 0 saturated carbocycles. The number of fused-ring (bicyclic) bond motifs is 3. The predicted molar refractivity (Wildman–Crippen MR) is 165 cm³/mol. The normalized spacial score (nSPS) is 24.6. The Morgan fingerprint density at radius 2 is 1.59 bits per heavy atom. The van der Waals surface area contributed by atoms with E-state index in [1.807, 2.05) is 6.08 Å². The van der Waals surface area contributed by atoms with Crippen LogP contribution >= 0.6 is 10.0 Å². The molecule has 0 radical (unpaired) electrons. The molecule has 2 aromatic carbocycles. The molecule has 1 nitrogen and oxygen atoms in total. The third kappa shape index (κ3) is 4.12. The molecule has 3 aromatic rings. The zero-order chi connectivity index (χ0) is 26.2. The number of para-hydroxylation sites is 1. The van der Waals surface area contributed by atoms with Crippen LogP contribution in [0.2, 0.25) is 0 Å². The van der Waals surface area contributed by atoms with E-state index >= 15 is 0 Å². The molecule has 0 amide bonds. The molecule has 0 bridgehead atoms. The number of allylic oxidation sites excluding steroid dienone is 5. The lowest BCUT2D eigenvalue weighted by molar-refractivity contribution is 0.652. The largest absolute Gasteiger partial charge is 0.314 e. The van der Waals surface area contributed by atoms with Crippen LogP contribution in [0.15, 0.2) is 102 Å². The molecule has 0 N–H and O–H groups in total. The van der Waals surface area contributed by atoms with E-state index < -0.39 is 10.0 Å². The minimum absolute atomic E-state index is 0.0774. The minimum Gasteiger partial charge on any atom is -0.314 e. The van der Waals surface area contributed by atoms with Crippen molar-refractivity contribution in [3.63, 3.8) is 0 Å². The van der Waals surface area contributed by atoms with Gasteiger partial charge in [0.1, 0.15) is 5.83 Å². The maximum absolute atomic E-state index is 14.4. The van der Waals surface area contributed by atoms with Gasteiger partial charge in [0.2, 0.25) is 0 Å². The average molecular weight is 536 g/mol. The molecule has 0 aliphatic heterocycles. The Labute approximate surface area is 233 Å². The van der Waals surface area contributed by atoms with Crippen LogP contribution in [0.3, 0.4) is 0 Å². The Morgan fingerprint density at radius 3 is 2.33 bits per heavy atom. The molecule has 0 fully saturated rings. The van der Waals surface area contributed by atoms with Crippen LogP contribution in [-0.4, -0.2) is 15.1 Å². The molecule has 39 heavy (non-hydrogen) atoms. The van der Waals surface area contributed by atoms with Crippen LogP contribution in [0, 0.1) is 0 Å². The molecule has 7 rings (SSSR count). The summed E-state index contributed by atoms with van der Waals surface area (Å²) >= 11 is 0. The summed E-state index contributed by atoms with van der Waals surface area (Å²) < 4.78 is 17.1. The quantitative estimate of drug-likeness (QED) is 0.290. The van der Waals surface area contributed by atoms with Crippen molar-refractivity contribution in [3.05, 3.63) is 119 Å². The van der Waals surface area contributed by atoms with E-state index in [1.54, 1.807) is 21.8 Å². The predicted octanol–water partition coefficient (Wildman–Crippen LogP) is 8.19. The molecule has 3 atom stereocenters. The Balaban J connectivity index is 1.61. The highest BCUT2D eigenvalue weighted by Crippen LogP contribution is 2.74. The van der Waals surface area contributed by atoms with Gasteiger partial charge in [-0.05, 0) is 116 Å². The summed E-state index contributed by atoms with van der Waals surface area (Å²) in [7, 11) is -1.49. The van der Waals surface area contributed by atoms with E-state index in [-0.39, 0.29) is 5.83 Å². The smallest absolute Gasteiger partial charge is 0.119 e. The molecule has 0 spiro atoms. The summed E-state index contributed by atoms with van der Waals surface area (Å²) in [6.45, 7) is 0. The van der Waals surface area contributed by atoms with Crippen LogP contribution in [0.1, 0.15) is 62.6 Å². The molecule has 3 heteroatoms. The lowest BCUT2D eigenvalue weighted by atomic mass is 9.95. The van der Waals surface area contributed by atoms with Gasteiger partial charge in [0, 0.05) is 27.1 Å². The van der Waals surface area contributed by atoms with Gasteiger partial charge in [-0.3, -0.25) is 0 Å². The standard InChI is InChI=1S/C36H38FNS/c37-27-23-25-31(26-24-27)39(29-15-6-2-7-16-29,30-17-8-3-9-18-30)35-22-12-21-34-36(35)32-19-10-11-20-33(32)38(34)28-13-4-1-5-14-28/h1-8,13-16,21,23-25,30-31H,9-12,17-20,22,26H2. The lowest BCUT2D eigenvalue weighted by Crippen LogP contribution is -2.40. The molecule has 0 saturated heterocycles. The minimum atomic E-state index is -1.49. The molecule has 4 aliphatic carbocycles. The summed E-state index contributed by atoms with van der Waals surface area (Å²) in [6.07, 6.45) is 24.5. The first-order chi connectivity index (χ1) is 19.3. The highest BCUT2D eigenvalue weighted by atomic mass is 32.3. The average Bonchev–Trinajstić information content (AvgIpc) is 3.35. The van der Waals surface area contributed by atoms with E-state index in [0.29, 0.717) is 10.5 Å². The van der Waals surface area contributed by atoms with Crippen molar-refractivity contribution < 1.29 is 4.39 Å². The Bertz CT molecular complexity index is 1580. The van der Waals surface area contributed by atoms with Gasteiger partial charge >= 0.3 is 0 Å². The SMILES string of the molecule is FC1=CCC(S(C2=c3c4c(n(-c5ccccc5)c3=CCC2)CCCC4)(c2ccccc2)C2CC=CCC2)C=C1. The molecule has 4 aliphatic rings. The first-order valence-corrected chi connectivity index (χ1v) is 16.6. The van der Waals surface area contributed by atoms with E-state index in [1.165, 1.54) is 47.3 Å². The number of rotatable bonds is 5. The van der Waals surface area contributed by atoms with E-state index in [2.05, 4.69) is 89.5 Å². The molecular weight excluding hydrogens is 497 g/mol. The second-order valence-corrected chi connectivity index (χ2v) is 15.0. The fourth-order valence-corrected chi connectivity index (χ4v) is 13.3. The molecule has 200 valence electrons. The molecule has 1 heterocycles.